The molecule has 1 atom stereocenters. The minimum Gasteiger partial charge on any atom is -0.356 e. The molecule has 0 spiro atoms. The maximum Gasteiger partial charge on any atom is 0.220 e. The van der Waals surface area contributed by atoms with Gasteiger partial charge in [-0.3, -0.25) is 4.79 Å². The van der Waals surface area contributed by atoms with E-state index in [0.29, 0.717) is 17.8 Å². The van der Waals surface area contributed by atoms with Gasteiger partial charge < -0.3 is 10.6 Å². The quantitative estimate of drug-likeness (QED) is 0.770. The fourth-order valence-corrected chi connectivity index (χ4v) is 3.29. The van der Waals surface area contributed by atoms with E-state index in [1.165, 1.54) is 32.1 Å². The summed E-state index contributed by atoms with van der Waals surface area (Å²) in [5.74, 6) is 0.828. The second-order valence-electron chi connectivity index (χ2n) is 5.90. The summed E-state index contributed by atoms with van der Waals surface area (Å²) in [7, 11) is 0. The van der Waals surface area contributed by atoms with Crippen molar-refractivity contribution < 1.29 is 4.79 Å². The first kappa shape index (κ1) is 12.9. The predicted molar refractivity (Wildman–Crippen MR) is 69.8 cm³/mol. The number of carbonyl (C=O) groups is 1. The van der Waals surface area contributed by atoms with Crippen LogP contribution in [0.4, 0.5) is 0 Å². The molecule has 2 N–H and O–H groups in total. The Labute approximate surface area is 105 Å². The topological polar surface area (TPSA) is 41.1 Å². The van der Waals surface area contributed by atoms with Crippen LogP contribution in [0.3, 0.4) is 0 Å². The monoisotopic (exact) mass is 238 g/mol. The van der Waals surface area contributed by atoms with Gasteiger partial charge in [-0.05, 0) is 50.1 Å². The molecular weight excluding hydrogens is 212 g/mol. The molecule has 2 fully saturated rings. The minimum atomic E-state index is 0.262. The number of nitrogens with one attached hydrogen (secondary N) is 2. The summed E-state index contributed by atoms with van der Waals surface area (Å²) in [6, 6.07) is 0. The van der Waals surface area contributed by atoms with Crippen molar-refractivity contribution in [2.75, 3.05) is 19.6 Å². The first-order chi connectivity index (χ1) is 8.24. The summed E-state index contributed by atoms with van der Waals surface area (Å²) in [6.07, 6.45) is 8.37. The molecule has 1 amide bonds. The lowest BCUT2D eigenvalue weighted by Crippen LogP contribution is -2.36. The van der Waals surface area contributed by atoms with Gasteiger partial charge in [0.15, 0.2) is 0 Å². The zero-order valence-electron chi connectivity index (χ0n) is 11.1. The molecule has 1 heterocycles. The van der Waals surface area contributed by atoms with E-state index in [1.807, 2.05) is 0 Å². The van der Waals surface area contributed by atoms with Crippen molar-refractivity contribution in [2.45, 2.75) is 51.9 Å². The summed E-state index contributed by atoms with van der Waals surface area (Å²) >= 11 is 0. The van der Waals surface area contributed by atoms with Crippen molar-refractivity contribution in [3.63, 3.8) is 0 Å². The molecule has 0 aromatic rings. The van der Waals surface area contributed by atoms with Gasteiger partial charge >= 0.3 is 0 Å². The second kappa shape index (κ2) is 5.85. The van der Waals surface area contributed by atoms with Crippen LogP contribution in [0.5, 0.6) is 0 Å². The van der Waals surface area contributed by atoms with E-state index in [2.05, 4.69) is 17.6 Å². The molecule has 0 radical (unpaired) electrons. The third-order valence-corrected chi connectivity index (χ3v) is 4.71. The number of hydrogen-bond donors (Lipinski definition) is 2. The Bertz CT molecular complexity index is 253. The molecule has 1 saturated heterocycles. The number of carbonyl (C=O) groups excluding carboxylic acids is 1. The van der Waals surface area contributed by atoms with Gasteiger partial charge in [0.05, 0.1) is 0 Å². The molecule has 3 nitrogen and oxygen atoms in total. The molecule has 98 valence electrons. The Balaban J connectivity index is 1.71. The van der Waals surface area contributed by atoms with E-state index < -0.39 is 0 Å². The summed E-state index contributed by atoms with van der Waals surface area (Å²) < 4.78 is 0. The SMILES string of the molecule is CCC1(CNC(=O)CC2CCNC2)CCCC1. The van der Waals surface area contributed by atoms with Gasteiger partial charge in [0.2, 0.25) is 5.91 Å². The van der Waals surface area contributed by atoms with E-state index >= 15 is 0 Å². The van der Waals surface area contributed by atoms with Crippen molar-refractivity contribution in [3.05, 3.63) is 0 Å². The van der Waals surface area contributed by atoms with Crippen LogP contribution in [-0.4, -0.2) is 25.5 Å². The zero-order chi connectivity index (χ0) is 12.1. The molecule has 2 rings (SSSR count). The van der Waals surface area contributed by atoms with Crippen molar-refractivity contribution in [2.24, 2.45) is 11.3 Å². The van der Waals surface area contributed by atoms with Crippen LogP contribution in [0.1, 0.15) is 51.9 Å². The van der Waals surface area contributed by atoms with Crippen molar-refractivity contribution in [1.29, 1.82) is 0 Å². The number of amides is 1. The Hall–Kier alpha value is -0.570. The van der Waals surface area contributed by atoms with Gasteiger partial charge in [-0.1, -0.05) is 19.8 Å². The second-order valence-corrected chi connectivity index (χ2v) is 5.90. The van der Waals surface area contributed by atoms with E-state index in [4.69, 9.17) is 0 Å². The summed E-state index contributed by atoms with van der Waals surface area (Å²) in [6.45, 7) is 5.27. The van der Waals surface area contributed by atoms with Crippen molar-refractivity contribution in [1.82, 2.24) is 10.6 Å². The Morgan fingerprint density at radius 1 is 1.41 bits per heavy atom. The number of rotatable bonds is 5. The lowest BCUT2D eigenvalue weighted by molar-refractivity contribution is -0.122. The van der Waals surface area contributed by atoms with Gasteiger partial charge in [-0.25, -0.2) is 0 Å². The van der Waals surface area contributed by atoms with Crippen LogP contribution in [0.15, 0.2) is 0 Å². The highest BCUT2D eigenvalue weighted by Gasteiger charge is 2.32. The maximum atomic E-state index is 11.9. The molecule has 1 aliphatic carbocycles. The molecule has 0 aromatic heterocycles. The summed E-state index contributed by atoms with van der Waals surface area (Å²) in [4.78, 5) is 11.9. The molecule has 2 aliphatic rings. The molecular formula is C14H26N2O. The van der Waals surface area contributed by atoms with E-state index in [1.54, 1.807) is 0 Å². The maximum absolute atomic E-state index is 11.9. The fourth-order valence-electron chi connectivity index (χ4n) is 3.29. The van der Waals surface area contributed by atoms with Gasteiger partial charge in [-0.2, -0.15) is 0 Å². The highest BCUT2D eigenvalue weighted by Crippen LogP contribution is 2.40. The predicted octanol–water partition coefficient (Wildman–Crippen LogP) is 2.07. The molecule has 1 aliphatic heterocycles. The van der Waals surface area contributed by atoms with Crippen LogP contribution in [-0.2, 0) is 4.79 Å². The van der Waals surface area contributed by atoms with Crippen LogP contribution < -0.4 is 10.6 Å². The standard InChI is InChI=1S/C14H26N2O/c1-2-14(6-3-4-7-14)11-16-13(17)9-12-5-8-15-10-12/h12,15H,2-11H2,1H3,(H,16,17). The molecule has 3 heteroatoms. The molecule has 1 saturated carbocycles. The van der Waals surface area contributed by atoms with Gasteiger partial charge in [0.25, 0.3) is 0 Å². The Morgan fingerprint density at radius 3 is 2.76 bits per heavy atom. The van der Waals surface area contributed by atoms with Crippen LogP contribution in [0, 0.1) is 11.3 Å². The average molecular weight is 238 g/mol. The van der Waals surface area contributed by atoms with Gasteiger partial charge in [0.1, 0.15) is 0 Å². The average Bonchev–Trinajstić information content (AvgIpc) is 2.98. The van der Waals surface area contributed by atoms with Crippen LogP contribution >= 0.6 is 0 Å². The highest BCUT2D eigenvalue weighted by molar-refractivity contribution is 5.76. The molecule has 17 heavy (non-hydrogen) atoms. The van der Waals surface area contributed by atoms with Crippen LogP contribution in [0.2, 0.25) is 0 Å². The smallest absolute Gasteiger partial charge is 0.220 e. The Kier molecular flexibility index (Phi) is 4.43. The molecule has 1 unspecified atom stereocenters. The van der Waals surface area contributed by atoms with E-state index in [9.17, 15) is 4.79 Å². The van der Waals surface area contributed by atoms with Crippen molar-refractivity contribution >= 4 is 5.91 Å². The number of hydrogen-bond acceptors (Lipinski definition) is 2. The Morgan fingerprint density at radius 2 is 2.18 bits per heavy atom. The van der Waals surface area contributed by atoms with Crippen molar-refractivity contribution in [3.8, 4) is 0 Å². The minimum absolute atomic E-state index is 0.262. The third-order valence-electron chi connectivity index (χ3n) is 4.71. The largest absolute Gasteiger partial charge is 0.356 e. The zero-order valence-corrected chi connectivity index (χ0v) is 11.1. The molecule has 0 bridgehead atoms. The lowest BCUT2D eigenvalue weighted by Gasteiger charge is -2.27. The molecule has 0 aromatic carbocycles. The third kappa shape index (κ3) is 3.44. The van der Waals surface area contributed by atoms with Crippen LogP contribution in [0.25, 0.3) is 0 Å². The summed E-state index contributed by atoms with van der Waals surface area (Å²) in [5.41, 5.74) is 0.420. The van der Waals surface area contributed by atoms with E-state index in [0.717, 1.165) is 26.1 Å². The summed E-state index contributed by atoms with van der Waals surface area (Å²) in [5, 5.41) is 6.49. The normalized spacial score (nSPS) is 27.2. The lowest BCUT2D eigenvalue weighted by atomic mass is 9.83. The van der Waals surface area contributed by atoms with E-state index in [-0.39, 0.29) is 5.91 Å². The first-order valence-corrected chi connectivity index (χ1v) is 7.21. The van der Waals surface area contributed by atoms with Gasteiger partial charge in [0, 0.05) is 13.0 Å². The highest BCUT2D eigenvalue weighted by atomic mass is 16.1. The first-order valence-electron chi connectivity index (χ1n) is 7.21. The fraction of sp³-hybridized carbons (Fsp3) is 0.929. The van der Waals surface area contributed by atoms with Gasteiger partial charge in [-0.15, -0.1) is 0 Å².